The Morgan fingerprint density at radius 3 is 2.57 bits per heavy atom. The van der Waals surface area contributed by atoms with E-state index in [1.165, 1.54) is 0 Å². The average Bonchev–Trinajstić information content (AvgIpc) is 2.98. The van der Waals surface area contributed by atoms with Gasteiger partial charge in [-0.3, -0.25) is 4.40 Å². The van der Waals surface area contributed by atoms with Crippen LogP contribution in [0.25, 0.3) is 16.8 Å². The van der Waals surface area contributed by atoms with E-state index in [9.17, 15) is 8.78 Å². The number of halogens is 2. The van der Waals surface area contributed by atoms with Crippen molar-refractivity contribution in [3.05, 3.63) is 48.4 Å². The summed E-state index contributed by atoms with van der Waals surface area (Å²) < 4.78 is 33.1. The summed E-state index contributed by atoms with van der Waals surface area (Å²) in [5.41, 5.74) is 2.69. The van der Waals surface area contributed by atoms with Gasteiger partial charge in [0, 0.05) is 25.0 Å². The van der Waals surface area contributed by atoms with Gasteiger partial charge in [0.05, 0.1) is 7.11 Å². The van der Waals surface area contributed by atoms with Crippen LogP contribution in [0.5, 0.6) is 5.75 Å². The van der Waals surface area contributed by atoms with Gasteiger partial charge in [0.15, 0.2) is 5.65 Å². The van der Waals surface area contributed by atoms with Crippen molar-refractivity contribution in [2.45, 2.75) is 18.8 Å². The fourth-order valence-electron chi connectivity index (χ4n) is 2.75. The molecular weight excluding hydrogens is 300 g/mol. The maximum absolute atomic E-state index is 13.1. The first-order chi connectivity index (χ1) is 11.1. The average molecular weight is 315 g/mol. The number of hydrogen-bond donors (Lipinski definition) is 0. The number of aromatic nitrogens is 3. The molecule has 1 aromatic carbocycles. The number of ether oxygens (including phenoxy) is 1. The summed E-state index contributed by atoms with van der Waals surface area (Å²) in [6.45, 7) is 0. The molecule has 0 bridgehead atoms. The number of hydrogen-bond acceptors (Lipinski definition) is 3. The molecule has 0 spiro atoms. The molecule has 1 aliphatic rings. The van der Waals surface area contributed by atoms with E-state index in [-0.39, 0.29) is 12.8 Å². The normalized spacial score (nSPS) is 19.0. The minimum absolute atomic E-state index is 0.0498. The van der Waals surface area contributed by atoms with Crippen LogP contribution in [0.1, 0.15) is 12.2 Å². The predicted molar refractivity (Wildman–Crippen MR) is 81.7 cm³/mol. The summed E-state index contributed by atoms with van der Waals surface area (Å²) in [5, 5.41) is 8.17. The van der Waals surface area contributed by atoms with Crippen molar-refractivity contribution in [1.82, 2.24) is 14.6 Å². The van der Waals surface area contributed by atoms with Crippen LogP contribution in [0, 0.1) is 5.92 Å². The number of pyridine rings is 1. The van der Waals surface area contributed by atoms with Gasteiger partial charge >= 0.3 is 0 Å². The Hall–Kier alpha value is -2.50. The van der Waals surface area contributed by atoms with E-state index >= 15 is 0 Å². The van der Waals surface area contributed by atoms with Gasteiger partial charge < -0.3 is 4.74 Å². The second-order valence-electron chi connectivity index (χ2n) is 5.85. The number of nitrogens with zero attached hydrogens (tertiary/aromatic N) is 3. The SMILES string of the molecule is COc1ccc(-c2ccn3c(CC4CC4(F)F)nnc3c2)cc1. The van der Waals surface area contributed by atoms with Crippen LogP contribution in [0.2, 0.25) is 0 Å². The summed E-state index contributed by atoms with van der Waals surface area (Å²) in [6.07, 6.45) is 2.05. The first kappa shape index (κ1) is 14.1. The van der Waals surface area contributed by atoms with Crippen molar-refractivity contribution in [3.63, 3.8) is 0 Å². The highest BCUT2D eigenvalue weighted by atomic mass is 19.3. The maximum atomic E-state index is 13.1. The zero-order valence-electron chi connectivity index (χ0n) is 12.5. The minimum Gasteiger partial charge on any atom is -0.497 e. The molecule has 0 amide bonds. The molecule has 23 heavy (non-hydrogen) atoms. The Balaban J connectivity index is 1.63. The number of fused-ring (bicyclic) bond motifs is 1. The Bertz CT molecular complexity index is 858. The van der Waals surface area contributed by atoms with Gasteiger partial charge in [-0.1, -0.05) is 12.1 Å². The molecule has 1 aliphatic carbocycles. The lowest BCUT2D eigenvalue weighted by molar-refractivity contribution is 0.0984. The Morgan fingerprint density at radius 1 is 1.17 bits per heavy atom. The predicted octanol–water partition coefficient (Wildman–Crippen LogP) is 3.60. The lowest BCUT2D eigenvalue weighted by Crippen LogP contribution is -2.01. The van der Waals surface area contributed by atoms with Gasteiger partial charge in [-0.05, 0) is 35.4 Å². The summed E-state index contributed by atoms with van der Waals surface area (Å²) in [4.78, 5) is 0. The van der Waals surface area contributed by atoms with Crippen LogP contribution in [-0.4, -0.2) is 27.6 Å². The molecule has 2 heterocycles. The molecule has 4 rings (SSSR count). The molecular formula is C17H15F2N3O. The first-order valence-corrected chi connectivity index (χ1v) is 7.43. The Morgan fingerprint density at radius 2 is 1.91 bits per heavy atom. The number of methoxy groups -OCH3 is 1. The molecule has 3 aromatic rings. The third kappa shape index (κ3) is 2.54. The zero-order chi connectivity index (χ0) is 16.0. The van der Waals surface area contributed by atoms with Gasteiger partial charge in [-0.25, -0.2) is 8.78 Å². The molecule has 1 unspecified atom stereocenters. The van der Waals surface area contributed by atoms with Crippen LogP contribution < -0.4 is 4.74 Å². The van der Waals surface area contributed by atoms with Crippen LogP contribution in [-0.2, 0) is 6.42 Å². The second kappa shape index (κ2) is 5.01. The number of benzene rings is 1. The second-order valence-corrected chi connectivity index (χ2v) is 5.85. The van der Waals surface area contributed by atoms with E-state index in [1.807, 2.05) is 42.6 Å². The molecule has 2 aromatic heterocycles. The highest BCUT2D eigenvalue weighted by molar-refractivity contribution is 5.67. The van der Waals surface area contributed by atoms with E-state index in [4.69, 9.17) is 4.74 Å². The van der Waals surface area contributed by atoms with E-state index < -0.39 is 11.8 Å². The van der Waals surface area contributed by atoms with Crippen molar-refractivity contribution < 1.29 is 13.5 Å². The van der Waals surface area contributed by atoms with Crippen LogP contribution in [0.4, 0.5) is 8.78 Å². The Kier molecular flexibility index (Phi) is 3.07. The molecule has 4 nitrogen and oxygen atoms in total. The van der Waals surface area contributed by atoms with Crippen LogP contribution >= 0.6 is 0 Å². The first-order valence-electron chi connectivity index (χ1n) is 7.43. The summed E-state index contributed by atoms with van der Waals surface area (Å²) in [6, 6.07) is 11.6. The van der Waals surface area contributed by atoms with E-state index in [2.05, 4.69) is 10.2 Å². The molecule has 0 aliphatic heterocycles. The van der Waals surface area contributed by atoms with E-state index in [1.54, 1.807) is 11.5 Å². The molecule has 1 fully saturated rings. The van der Waals surface area contributed by atoms with Crippen molar-refractivity contribution in [2.24, 2.45) is 5.92 Å². The van der Waals surface area contributed by atoms with Crippen molar-refractivity contribution in [1.29, 1.82) is 0 Å². The van der Waals surface area contributed by atoms with Gasteiger partial charge in [0.25, 0.3) is 5.92 Å². The third-order valence-corrected chi connectivity index (χ3v) is 4.29. The molecule has 0 radical (unpaired) electrons. The zero-order valence-corrected chi connectivity index (χ0v) is 12.5. The van der Waals surface area contributed by atoms with Gasteiger partial charge in [-0.15, -0.1) is 10.2 Å². The standard InChI is InChI=1S/C17H15F2N3O/c1-23-14-4-2-11(3-5-14)12-6-7-22-15(8-12)20-21-16(22)9-13-10-17(13,18)19/h2-8,13H,9-10H2,1H3. The lowest BCUT2D eigenvalue weighted by Gasteiger charge is -2.05. The van der Waals surface area contributed by atoms with Crippen molar-refractivity contribution in [3.8, 4) is 16.9 Å². The minimum atomic E-state index is -2.53. The summed E-state index contributed by atoms with van der Waals surface area (Å²) >= 11 is 0. The molecule has 1 saturated carbocycles. The molecule has 6 heteroatoms. The highest BCUT2D eigenvalue weighted by Gasteiger charge is 2.56. The fraction of sp³-hybridized carbons (Fsp3) is 0.294. The van der Waals surface area contributed by atoms with Gasteiger partial charge in [-0.2, -0.15) is 0 Å². The molecule has 0 N–H and O–H groups in total. The van der Waals surface area contributed by atoms with E-state index in [0.717, 1.165) is 16.9 Å². The largest absolute Gasteiger partial charge is 0.497 e. The fourth-order valence-corrected chi connectivity index (χ4v) is 2.75. The summed E-state index contributed by atoms with van der Waals surface area (Å²) in [5.74, 6) is -1.75. The summed E-state index contributed by atoms with van der Waals surface area (Å²) in [7, 11) is 1.63. The van der Waals surface area contributed by atoms with Crippen molar-refractivity contribution >= 4 is 5.65 Å². The molecule has 118 valence electrons. The Labute approximate surface area is 131 Å². The monoisotopic (exact) mass is 315 g/mol. The van der Waals surface area contributed by atoms with E-state index in [0.29, 0.717) is 11.5 Å². The molecule has 1 atom stereocenters. The molecule has 0 saturated heterocycles. The maximum Gasteiger partial charge on any atom is 0.252 e. The lowest BCUT2D eigenvalue weighted by atomic mass is 10.1. The van der Waals surface area contributed by atoms with Crippen LogP contribution in [0.3, 0.4) is 0 Å². The number of alkyl halides is 2. The highest BCUT2D eigenvalue weighted by Crippen LogP contribution is 2.50. The van der Waals surface area contributed by atoms with Gasteiger partial charge in [0.2, 0.25) is 0 Å². The smallest absolute Gasteiger partial charge is 0.252 e. The third-order valence-electron chi connectivity index (χ3n) is 4.29. The quantitative estimate of drug-likeness (QED) is 0.738. The topological polar surface area (TPSA) is 39.4 Å². The van der Waals surface area contributed by atoms with Crippen molar-refractivity contribution in [2.75, 3.05) is 7.11 Å². The number of rotatable bonds is 4. The van der Waals surface area contributed by atoms with Gasteiger partial charge in [0.1, 0.15) is 11.6 Å². The van der Waals surface area contributed by atoms with Crippen LogP contribution in [0.15, 0.2) is 42.6 Å².